The standard InChI is InChI=1S/C11H11BrO3/c1-7-3-9(10(14)5-12)8(6-13)4-11(7)15-2/h3-4,6H,5H2,1-2H3. The zero-order chi connectivity index (χ0) is 11.4. The summed E-state index contributed by atoms with van der Waals surface area (Å²) in [6.45, 7) is 1.83. The third-order valence-corrected chi connectivity index (χ3v) is 2.63. The van der Waals surface area contributed by atoms with Gasteiger partial charge in [-0.25, -0.2) is 0 Å². The molecule has 15 heavy (non-hydrogen) atoms. The van der Waals surface area contributed by atoms with Crippen LogP contribution in [0, 0.1) is 6.92 Å². The van der Waals surface area contributed by atoms with Gasteiger partial charge in [0, 0.05) is 11.1 Å². The molecule has 0 aliphatic carbocycles. The number of alkyl halides is 1. The predicted octanol–water partition coefficient (Wildman–Crippen LogP) is 2.39. The van der Waals surface area contributed by atoms with Gasteiger partial charge in [-0.15, -0.1) is 0 Å². The molecule has 0 saturated heterocycles. The van der Waals surface area contributed by atoms with Crippen molar-refractivity contribution < 1.29 is 14.3 Å². The first-order chi connectivity index (χ1) is 7.13. The Morgan fingerprint density at radius 2 is 2.20 bits per heavy atom. The second-order valence-corrected chi connectivity index (χ2v) is 3.64. The predicted molar refractivity (Wildman–Crippen MR) is 61.2 cm³/mol. The molecule has 0 N–H and O–H groups in total. The van der Waals surface area contributed by atoms with Crippen molar-refractivity contribution in [1.82, 2.24) is 0 Å². The highest BCUT2D eigenvalue weighted by Crippen LogP contribution is 2.22. The van der Waals surface area contributed by atoms with Gasteiger partial charge in [-0.05, 0) is 24.6 Å². The smallest absolute Gasteiger partial charge is 0.174 e. The number of rotatable bonds is 4. The first-order valence-electron chi connectivity index (χ1n) is 4.37. The van der Waals surface area contributed by atoms with Crippen molar-refractivity contribution in [1.29, 1.82) is 0 Å². The molecule has 0 unspecified atom stereocenters. The van der Waals surface area contributed by atoms with Gasteiger partial charge in [0.1, 0.15) is 5.75 Å². The van der Waals surface area contributed by atoms with Crippen molar-refractivity contribution in [2.45, 2.75) is 6.92 Å². The van der Waals surface area contributed by atoms with Crippen LogP contribution in [0.2, 0.25) is 0 Å². The number of carbonyl (C=O) groups excluding carboxylic acids is 2. The number of carbonyl (C=O) groups is 2. The van der Waals surface area contributed by atoms with Crippen LogP contribution >= 0.6 is 15.9 Å². The van der Waals surface area contributed by atoms with Gasteiger partial charge in [-0.2, -0.15) is 0 Å². The third-order valence-electron chi connectivity index (χ3n) is 2.12. The van der Waals surface area contributed by atoms with Crippen LogP contribution in [0.25, 0.3) is 0 Å². The molecule has 1 aromatic rings. The van der Waals surface area contributed by atoms with Crippen LogP contribution in [-0.4, -0.2) is 24.5 Å². The monoisotopic (exact) mass is 270 g/mol. The van der Waals surface area contributed by atoms with E-state index in [1.165, 1.54) is 7.11 Å². The van der Waals surface area contributed by atoms with Crippen LogP contribution < -0.4 is 4.74 Å². The second-order valence-electron chi connectivity index (χ2n) is 3.08. The molecule has 0 aliphatic heterocycles. The van der Waals surface area contributed by atoms with Gasteiger partial charge < -0.3 is 4.74 Å². The summed E-state index contributed by atoms with van der Waals surface area (Å²) in [6.07, 6.45) is 0.665. The Morgan fingerprint density at radius 1 is 1.53 bits per heavy atom. The molecule has 0 aliphatic rings. The normalized spacial score (nSPS) is 9.80. The molecule has 0 heterocycles. The number of aldehydes is 1. The van der Waals surface area contributed by atoms with E-state index in [9.17, 15) is 9.59 Å². The lowest BCUT2D eigenvalue weighted by Gasteiger charge is -2.08. The van der Waals surface area contributed by atoms with Crippen LogP contribution in [0.1, 0.15) is 26.3 Å². The number of Topliss-reactive ketones (excluding diaryl/α,β-unsaturated/α-hetero) is 1. The number of aryl methyl sites for hydroxylation is 1. The lowest BCUT2D eigenvalue weighted by Crippen LogP contribution is -2.06. The van der Waals surface area contributed by atoms with E-state index in [0.29, 0.717) is 23.2 Å². The Labute approximate surface area is 96.6 Å². The van der Waals surface area contributed by atoms with E-state index in [1.54, 1.807) is 12.1 Å². The van der Waals surface area contributed by atoms with Gasteiger partial charge in [0.2, 0.25) is 0 Å². The highest BCUT2D eigenvalue weighted by Gasteiger charge is 2.12. The Morgan fingerprint density at radius 3 is 2.67 bits per heavy atom. The molecule has 4 heteroatoms. The minimum absolute atomic E-state index is 0.108. The maximum atomic E-state index is 11.5. The molecule has 0 bridgehead atoms. The SMILES string of the molecule is COc1cc(C=O)c(C(=O)CBr)cc1C. The molecular weight excluding hydrogens is 260 g/mol. The minimum Gasteiger partial charge on any atom is -0.496 e. The van der Waals surface area contributed by atoms with E-state index in [-0.39, 0.29) is 11.1 Å². The molecular formula is C11H11BrO3. The van der Waals surface area contributed by atoms with Crippen LogP contribution in [0.4, 0.5) is 0 Å². The fourth-order valence-corrected chi connectivity index (χ4v) is 1.64. The Balaban J connectivity index is 3.33. The number of hydrogen-bond donors (Lipinski definition) is 0. The van der Waals surface area contributed by atoms with Crippen molar-refractivity contribution in [3.05, 3.63) is 28.8 Å². The molecule has 0 fully saturated rings. The summed E-state index contributed by atoms with van der Waals surface area (Å²) in [5.41, 5.74) is 1.63. The molecule has 0 spiro atoms. The lowest BCUT2D eigenvalue weighted by molar-refractivity contribution is 0.101. The Kier molecular flexibility index (Phi) is 4.03. The van der Waals surface area contributed by atoms with Crippen LogP contribution in [0.3, 0.4) is 0 Å². The summed E-state index contributed by atoms with van der Waals surface area (Å²) in [4.78, 5) is 22.3. The first-order valence-corrected chi connectivity index (χ1v) is 5.49. The van der Waals surface area contributed by atoms with E-state index in [4.69, 9.17) is 4.74 Å². The van der Waals surface area contributed by atoms with Gasteiger partial charge >= 0.3 is 0 Å². The summed E-state index contributed by atoms with van der Waals surface area (Å²) >= 11 is 3.08. The molecule has 0 aromatic heterocycles. The summed E-state index contributed by atoms with van der Waals surface area (Å²) in [5, 5.41) is 0.208. The maximum Gasteiger partial charge on any atom is 0.174 e. The quantitative estimate of drug-likeness (QED) is 0.479. The summed E-state index contributed by atoms with van der Waals surface area (Å²) in [5.74, 6) is 0.506. The van der Waals surface area contributed by atoms with Gasteiger partial charge in [-0.3, -0.25) is 9.59 Å². The molecule has 0 saturated carbocycles. The average molecular weight is 271 g/mol. The minimum atomic E-state index is -0.108. The fourth-order valence-electron chi connectivity index (χ4n) is 1.33. The Hall–Kier alpha value is -1.16. The largest absolute Gasteiger partial charge is 0.496 e. The van der Waals surface area contributed by atoms with E-state index in [0.717, 1.165) is 5.56 Å². The fraction of sp³-hybridized carbons (Fsp3) is 0.273. The number of hydrogen-bond acceptors (Lipinski definition) is 3. The molecule has 80 valence electrons. The van der Waals surface area contributed by atoms with Gasteiger partial charge in [0.15, 0.2) is 12.1 Å². The van der Waals surface area contributed by atoms with E-state index in [1.807, 2.05) is 6.92 Å². The third kappa shape index (κ3) is 2.45. The van der Waals surface area contributed by atoms with Gasteiger partial charge in [0.05, 0.1) is 12.4 Å². The van der Waals surface area contributed by atoms with Crippen molar-refractivity contribution >= 4 is 28.0 Å². The molecule has 3 nitrogen and oxygen atoms in total. The maximum absolute atomic E-state index is 11.5. The van der Waals surface area contributed by atoms with Crippen LogP contribution in [0.5, 0.6) is 5.75 Å². The van der Waals surface area contributed by atoms with Gasteiger partial charge in [0.25, 0.3) is 0 Å². The van der Waals surface area contributed by atoms with Crippen molar-refractivity contribution in [3.63, 3.8) is 0 Å². The average Bonchev–Trinajstić information content (AvgIpc) is 2.27. The van der Waals surface area contributed by atoms with Crippen LogP contribution in [-0.2, 0) is 0 Å². The lowest BCUT2D eigenvalue weighted by atomic mass is 10.0. The highest BCUT2D eigenvalue weighted by molar-refractivity contribution is 9.09. The zero-order valence-electron chi connectivity index (χ0n) is 8.54. The molecule has 0 amide bonds. The molecule has 1 rings (SSSR count). The number of ether oxygens (including phenoxy) is 1. The van der Waals surface area contributed by atoms with E-state index < -0.39 is 0 Å². The van der Waals surface area contributed by atoms with Crippen LogP contribution in [0.15, 0.2) is 12.1 Å². The molecule has 1 aromatic carbocycles. The summed E-state index contributed by atoms with van der Waals surface area (Å²) in [7, 11) is 1.53. The summed E-state index contributed by atoms with van der Waals surface area (Å²) < 4.78 is 5.07. The Bertz CT molecular complexity index is 399. The topological polar surface area (TPSA) is 43.4 Å². The van der Waals surface area contributed by atoms with E-state index in [2.05, 4.69) is 15.9 Å². The summed E-state index contributed by atoms with van der Waals surface area (Å²) in [6, 6.07) is 3.25. The number of ketones is 1. The van der Waals surface area contributed by atoms with Crippen molar-refractivity contribution in [2.24, 2.45) is 0 Å². The second kappa shape index (κ2) is 5.07. The molecule has 0 radical (unpaired) electrons. The number of benzene rings is 1. The zero-order valence-corrected chi connectivity index (χ0v) is 10.1. The van der Waals surface area contributed by atoms with E-state index >= 15 is 0 Å². The highest BCUT2D eigenvalue weighted by atomic mass is 79.9. The first kappa shape index (κ1) is 11.9. The number of methoxy groups -OCH3 is 1. The van der Waals surface area contributed by atoms with Crippen molar-refractivity contribution in [2.75, 3.05) is 12.4 Å². The van der Waals surface area contributed by atoms with Gasteiger partial charge in [-0.1, -0.05) is 15.9 Å². The number of halogens is 1. The molecule has 0 atom stereocenters. The van der Waals surface area contributed by atoms with Crippen molar-refractivity contribution in [3.8, 4) is 5.75 Å².